The minimum Gasteiger partial charge on any atom is -0.496 e. The van der Waals surface area contributed by atoms with E-state index in [0.717, 1.165) is 43.7 Å². The third-order valence-corrected chi connectivity index (χ3v) is 5.79. The first kappa shape index (κ1) is 15.9. The molecule has 2 aromatic rings. The van der Waals surface area contributed by atoms with Crippen LogP contribution >= 0.6 is 0 Å². The smallest absolute Gasteiger partial charge is 0.251 e. The topological polar surface area (TPSA) is 28.3 Å². The first-order valence-corrected chi connectivity index (χ1v) is 8.73. The third kappa shape index (κ3) is 2.69. The minimum absolute atomic E-state index is 0.105. The lowest BCUT2D eigenvalue weighted by Gasteiger charge is -2.32. The maximum atomic E-state index is 13.3. The van der Waals surface area contributed by atoms with E-state index in [4.69, 9.17) is 4.74 Å². The lowest BCUT2D eigenvalue weighted by Crippen LogP contribution is -2.34. The molecule has 1 saturated carbocycles. The van der Waals surface area contributed by atoms with Gasteiger partial charge < -0.3 is 9.72 Å². The molecule has 5 heteroatoms. The zero-order valence-electron chi connectivity index (χ0n) is 14.2. The van der Waals surface area contributed by atoms with Crippen LogP contribution in [0.5, 0.6) is 5.75 Å². The standard InChI is InChI=1S/C19H24F2N2O/c1-12-9-17(24-2)15(14-3-6-22-18(12)14)11-23-7-4-13(5-8-23)16-10-19(16,20)21/h3,6,9,13,16,22H,4-5,7-8,10-11H2,1-2H3. The van der Waals surface area contributed by atoms with Crippen molar-refractivity contribution in [2.45, 2.75) is 38.7 Å². The van der Waals surface area contributed by atoms with Gasteiger partial charge in [-0.25, -0.2) is 8.78 Å². The highest BCUT2D eigenvalue weighted by Gasteiger charge is 2.59. The Bertz CT molecular complexity index is 747. The van der Waals surface area contributed by atoms with Crippen LogP contribution in [-0.2, 0) is 6.54 Å². The molecule has 1 aliphatic heterocycles. The summed E-state index contributed by atoms with van der Waals surface area (Å²) in [4.78, 5) is 5.67. The van der Waals surface area contributed by atoms with Crippen molar-refractivity contribution < 1.29 is 13.5 Å². The number of aryl methyl sites for hydroxylation is 1. The summed E-state index contributed by atoms with van der Waals surface area (Å²) >= 11 is 0. The summed E-state index contributed by atoms with van der Waals surface area (Å²) < 4.78 is 32.1. The monoisotopic (exact) mass is 334 g/mol. The first-order chi connectivity index (χ1) is 11.5. The zero-order valence-corrected chi connectivity index (χ0v) is 14.2. The largest absolute Gasteiger partial charge is 0.496 e. The highest BCUT2D eigenvalue weighted by molar-refractivity contribution is 5.88. The van der Waals surface area contributed by atoms with E-state index in [1.165, 1.54) is 16.5 Å². The highest BCUT2D eigenvalue weighted by Crippen LogP contribution is 2.55. The summed E-state index contributed by atoms with van der Waals surface area (Å²) in [5, 5.41) is 1.20. The molecule has 1 atom stereocenters. The first-order valence-electron chi connectivity index (χ1n) is 8.73. The van der Waals surface area contributed by atoms with E-state index < -0.39 is 5.92 Å². The van der Waals surface area contributed by atoms with E-state index in [-0.39, 0.29) is 18.3 Å². The molecule has 1 unspecified atom stereocenters. The van der Waals surface area contributed by atoms with Crippen molar-refractivity contribution in [2.75, 3.05) is 20.2 Å². The second kappa shape index (κ2) is 5.73. The lowest BCUT2D eigenvalue weighted by atomic mass is 9.91. The molecule has 3 nitrogen and oxygen atoms in total. The van der Waals surface area contributed by atoms with Gasteiger partial charge in [-0.15, -0.1) is 0 Å². The van der Waals surface area contributed by atoms with E-state index in [1.54, 1.807) is 7.11 Å². The van der Waals surface area contributed by atoms with Gasteiger partial charge in [0.15, 0.2) is 0 Å². The predicted octanol–water partition coefficient (Wildman–Crippen LogP) is 4.35. The molecule has 2 aliphatic rings. The third-order valence-electron chi connectivity index (χ3n) is 5.79. The van der Waals surface area contributed by atoms with E-state index >= 15 is 0 Å². The Kier molecular flexibility index (Phi) is 3.79. The van der Waals surface area contributed by atoms with Crippen LogP contribution in [-0.4, -0.2) is 36.0 Å². The number of aromatic amines is 1. The molecule has 130 valence electrons. The van der Waals surface area contributed by atoms with Gasteiger partial charge in [0, 0.05) is 41.5 Å². The molecular formula is C19H24F2N2O. The molecule has 1 aromatic carbocycles. The Balaban J connectivity index is 1.49. The van der Waals surface area contributed by atoms with Crippen molar-refractivity contribution >= 4 is 10.9 Å². The van der Waals surface area contributed by atoms with Crippen LogP contribution in [0.3, 0.4) is 0 Å². The second-order valence-corrected chi connectivity index (χ2v) is 7.33. The molecule has 1 saturated heterocycles. The average Bonchev–Trinajstić information content (AvgIpc) is 2.99. The Hall–Kier alpha value is -1.62. The number of methoxy groups -OCH3 is 1. The fourth-order valence-corrected chi connectivity index (χ4v) is 4.26. The van der Waals surface area contributed by atoms with Gasteiger partial charge in [0.2, 0.25) is 0 Å². The summed E-state index contributed by atoms with van der Waals surface area (Å²) in [6, 6.07) is 4.17. The Morgan fingerprint density at radius 3 is 2.67 bits per heavy atom. The number of alkyl halides is 2. The number of nitrogens with one attached hydrogen (secondary N) is 1. The maximum absolute atomic E-state index is 13.3. The van der Waals surface area contributed by atoms with Crippen LogP contribution in [0.15, 0.2) is 18.3 Å². The summed E-state index contributed by atoms with van der Waals surface area (Å²) in [6.07, 6.45) is 3.82. The molecule has 2 heterocycles. The van der Waals surface area contributed by atoms with E-state index in [1.807, 2.05) is 6.20 Å². The molecule has 0 radical (unpaired) electrons. The van der Waals surface area contributed by atoms with Gasteiger partial charge in [-0.1, -0.05) is 0 Å². The number of piperidine rings is 1. The zero-order chi connectivity index (χ0) is 16.9. The van der Waals surface area contributed by atoms with Gasteiger partial charge in [0.05, 0.1) is 7.11 Å². The Morgan fingerprint density at radius 1 is 1.33 bits per heavy atom. The molecule has 1 N–H and O–H groups in total. The molecule has 0 amide bonds. The Labute approximate surface area is 141 Å². The van der Waals surface area contributed by atoms with E-state index in [9.17, 15) is 8.78 Å². The van der Waals surface area contributed by atoms with Crippen molar-refractivity contribution in [1.29, 1.82) is 0 Å². The van der Waals surface area contributed by atoms with Gasteiger partial charge in [0.25, 0.3) is 5.92 Å². The fourth-order valence-electron chi connectivity index (χ4n) is 4.26. The van der Waals surface area contributed by atoms with E-state index in [0.29, 0.717) is 0 Å². The molecule has 24 heavy (non-hydrogen) atoms. The summed E-state index contributed by atoms with van der Waals surface area (Å²) in [6.45, 7) is 4.67. The van der Waals surface area contributed by atoms with E-state index in [2.05, 4.69) is 28.9 Å². The molecule has 1 aromatic heterocycles. The van der Waals surface area contributed by atoms with Crippen LogP contribution in [0.2, 0.25) is 0 Å². The number of fused-ring (bicyclic) bond motifs is 1. The van der Waals surface area contributed by atoms with Crippen LogP contribution in [0.1, 0.15) is 30.4 Å². The molecule has 0 spiro atoms. The van der Waals surface area contributed by atoms with Crippen molar-refractivity contribution in [3.63, 3.8) is 0 Å². The minimum atomic E-state index is -2.38. The van der Waals surface area contributed by atoms with Gasteiger partial charge in [-0.05, 0) is 56.5 Å². The maximum Gasteiger partial charge on any atom is 0.251 e. The number of hydrogen-bond acceptors (Lipinski definition) is 2. The van der Waals surface area contributed by atoms with Crippen LogP contribution in [0, 0.1) is 18.8 Å². The SMILES string of the molecule is COc1cc(C)c2[nH]ccc2c1CN1CCC(C2CC2(F)F)CC1. The number of hydrogen-bond donors (Lipinski definition) is 1. The van der Waals surface area contributed by atoms with Crippen LogP contribution in [0.25, 0.3) is 10.9 Å². The molecule has 2 fully saturated rings. The molecular weight excluding hydrogens is 310 g/mol. The lowest BCUT2D eigenvalue weighted by molar-refractivity contribution is 0.0673. The van der Waals surface area contributed by atoms with Crippen molar-refractivity contribution in [2.24, 2.45) is 11.8 Å². The van der Waals surface area contributed by atoms with Crippen LogP contribution < -0.4 is 4.74 Å². The average molecular weight is 334 g/mol. The van der Waals surface area contributed by atoms with Crippen molar-refractivity contribution in [3.8, 4) is 5.75 Å². The normalized spacial score (nSPS) is 24.4. The van der Waals surface area contributed by atoms with Gasteiger partial charge in [-0.3, -0.25) is 4.90 Å². The number of benzene rings is 1. The molecule has 4 rings (SSSR count). The number of halogens is 2. The second-order valence-electron chi connectivity index (χ2n) is 7.33. The van der Waals surface area contributed by atoms with Gasteiger partial charge in [0.1, 0.15) is 5.75 Å². The van der Waals surface area contributed by atoms with Gasteiger partial charge in [-0.2, -0.15) is 0 Å². The number of likely N-dealkylation sites (tertiary alicyclic amines) is 1. The highest BCUT2D eigenvalue weighted by atomic mass is 19.3. The van der Waals surface area contributed by atoms with Crippen LogP contribution in [0.4, 0.5) is 8.78 Å². The molecule has 1 aliphatic carbocycles. The van der Waals surface area contributed by atoms with Crippen molar-refractivity contribution in [3.05, 3.63) is 29.5 Å². The number of aromatic nitrogens is 1. The fraction of sp³-hybridized carbons (Fsp3) is 0.579. The number of rotatable bonds is 4. The molecule has 0 bridgehead atoms. The summed E-state index contributed by atoms with van der Waals surface area (Å²) in [7, 11) is 1.71. The van der Waals surface area contributed by atoms with Gasteiger partial charge >= 0.3 is 0 Å². The summed E-state index contributed by atoms with van der Waals surface area (Å²) in [5.41, 5.74) is 3.51. The Morgan fingerprint density at radius 2 is 2.04 bits per heavy atom. The number of ether oxygens (including phenoxy) is 1. The predicted molar refractivity (Wildman–Crippen MR) is 90.6 cm³/mol. The number of nitrogens with zero attached hydrogens (tertiary/aromatic N) is 1. The van der Waals surface area contributed by atoms with Crippen molar-refractivity contribution in [1.82, 2.24) is 9.88 Å². The number of H-pyrrole nitrogens is 1. The quantitative estimate of drug-likeness (QED) is 0.900. The summed E-state index contributed by atoms with van der Waals surface area (Å²) in [5.74, 6) is -1.63.